The van der Waals surface area contributed by atoms with Crippen molar-refractivity contribution < 1.29 is 22.3 Å². The fourth-order valence-electron chi connectivity index (χ4n) is 3.62. The van der Waals surface area contributed by atoms with Crippen LogP contribution >= 0.6 is 0 Å². The van der Waals surface area contributed by atoms with E-state index in [0.717, 1.165) is 41.5 Å². The Morgan fingerprint density at radius 1 is 1.11 bits per heavy atom. The van der Waals surface area contributed by atoms with E-state index in [0.29, 0.717) is 28.9 Å². The van der Waals surface area contributed by atoms with Crippen LogP contribution in [0.3, 0.4) is 0 Å². The Bertz CT molecular complexity index is 1080. The molecule has 0 bridgehead atoms. The zero-order valence-corrected chi connectivity index (χ0v) is 14.7. The van der Waals surface area contributed by atoms with E-state index in [4.69, 9.17) is 9.15 Å². The van der Waals surface area contributed by atoms with E-state index in [1.165, 1.54) is 6.07 Å². The summed E-state index contributed by atoms with van der Waals surface area (Å²) in [6.07, 6.45) is -2.08. The highest BCUT2D eigenvalue weighted by molar-refractivity contribution is 5.88. The van der Waals surface area contributed by atoms with Gasteiger partial charge in [-0.25, -0.2) is 4.79 Å². The normalized spacial score (nSPS) is 13.8. The molecule has 0 aliphatic heterocycles. The van der Waals surface area contributed by atoms with Crippen molar-refractivity contribution in [3.8, 4) is 5.75 Å². The quantitative estimate of drug-likeness (QED) is 0.593. The van der Waals surface area contributed by atoms with Gasteiger partial charge in [-0.05, 0) is 67.1 Å². The number of benzene rings is 2. The molecule has 0 unspecified atom stereocenters. The summed E-state index contributed by atoms with van der Waals surface area (Å²) in [5.41, 5.74) is 2.32. The van der Waals surface area contributed by atoms with Crippen LogP contribution in [0, 0.1) is 6.92 Å². The summed E-state index contributed by atoms with van der Waals surface area (Å²) in [6, 6.07) is 8.70. The number of fused-ring (bicyclic) bond motifs is 3. The Labute approximate surface area is 153 Å². The second-order valence-electron chi connectivity index (χ2n) is 6.82. The predicted octanol–water partition coefficient (Wildman–Crippen LogP) is 5.19. The molecule has 3 nitrogen and oxygen atoms in total. The maximum Gasteiger partial charge on any atom is 0.416 e. The van der Waals surface area contributed by atoms with Gasteiger partial charge in [0.15, 0.2) is 0 Å². The number of alkyl halides is 3. The first-order valence-electron chi connectivity index (χ1n) is 8.71. The molecule has 0 fully saturated rings. The lowest BCUT2D eigenvalue weighted by Gasteiger charge is -2.14. The molecule has 2 aromatic carbocycles. The van der Waals surface area contributed by atoms with Crippen LogP contribution in [0.5, 0.6) is 5.75 Å². The molecule has 3 aromatic rings. The zero-order valence-electron chi connectivity index (χ0n) is 14.7. The van der Waals surface area contributed by atoms with E-state index in [9.17, 15) is 18.0 Å². The Hall–Kier alpha value is -2.76. The summed E-state index contributed by atoms with van der Waals surface area (Å²) in [5.74, 6) is 0.532. The van der Waals surface area contributed by atoms with Crippen LogP contribution in [0.25, 0.3) is 11.0 Å². The van der Waals surface area contributed by atoms with Crippen molar-refractivity contribution in [3.05, 3.63) is 74.6 Å². The lowest BCUT2D eigenvalue weighted by atomic mass is 10.0. The average molecular weight is 374 g/mol. The van der Waals surface area contributed by atoms with Gasteiger partial charge in [-0.15, -0.1) is 0 Å². The number of aryl methyl sites for hydroxylation is 2. The first kappa shape index (κ1) is 17.6. The molecule has 1 aliphatic carbocycles. The van der Waals surface area contributed by atoms with Crippen molar-refractivity contribution >= 4 is 11.0 Å². The second kappa shape index (κ2) is 6.44. The van der Waals surface area contributed by atoms with Crippen LogP contribution in [0.15, 0.2) is 45.6 Å². The number of hydrogen-bond donors (Lipinski definition) is 0. The molecule has 27 heavy (non-hydrogen) atoms. The Kier molecular flexibility index (Phi) is 4.21. The molecule has 0 amide bonds. The van der Waals surface area contributed by atoms with Gasteiger partial charge in [0.1, 0.15) is 17.9 Å². The van der Waals surface area contributed by atoms with Gasteiger partial charge in [0, 0.05) is 5.56 Å². The van der Waals surface area contributed by atoms with E-state index in [2.05, 4.69) is 0 Å². The first-order valence-corrected chi connectivity index (χ1v) is 8.71. The summed E-state index contributed by atoms with van der Waals surface area (Å²) in [5, 5.41) is 0.750. The van der Waals surface area contributed by atoms with Crippen LogP contribution in [-0.2, 0) is 25.6 Å². The summed E-state index contributed by atoms with van der Waals surface area (Å²) >= 11 is 0. The third-order valence-electron chi connectivity index (χ3n) is 4.83. The minimum Gasteiger partial charge on any atom is -0.488 e. The van der Waals surface area contributed by atoms with Gasteiger partial charge >= 0.3 is 11.8 Å². The Morgan fingerprint density at radius 3 is 2.67 bits per heavy atom. The lowest BCUT2D eigenvalue weighted by molar-refractivity contribution is -0.137. The molecule has 0 radical (unpaired) electrons. The van der Waals surface area contributed by atoms with Crippen molar-refractivity contribution in [2.24, 2.45) is 0 Å². The van der Waals surface area contributed by atoms with Crippen LogP contribution in [-0.4, -0.2) is 0 Å². The lowest BCUT2D eigenvalue weighted by Crippen LogP contribution is -2.08. The van der Waals surface area contributed by atoms with Crippen molar-refractivity contribution in [2.45, 2.75) is 39.0 Å². The molecular weight excluding hydrogens is 357 g/mol. The van der Waals surface area contributed by atoms with Crippen molar-refractivity contribution in [3.63, 3.8) is 0 Å². The molecular formula is C21H17F3O3. The largest absolute Gasteiger partial charge is 0.488 e. The van der Waals surface area contributed by atoms with Crippen LogP contribution < -0.4 is 10.4 Å². The van der Waals surface area contributed by atoms with Gasteiger partial charge in [-0.2, -0.15) is 13.2 Å². The maximum atomic E-state index is 12.9. The highest BCUT2D eigenvalue weighted by Crippen LogP contribution is 2.36. The molecule has 0 saturated carbocycles. The molecule has 6 heteroatoms. The number of rotatable bonds is 3. The molecule has 0 saturated heterocycles. The smallest absolute Gasteiger partial charge is 0.416 e. The third-order valence-corrected chi connectivity index (χ3v) is 4.83. The third kappa shape index (κ3) is 3.31. The maximum absolute atomic E-state index is 12.9. The van der Waals surface area contributed by atoms with Crippen LogP contribution in [0.1, 0.15) is 34.2 Å². The van der Waals surface area contributed by atoms with Gasteiger partial charge in [0.05, 0.1) is 10.9 Å². The molecule has 0 N–H and O–H groups in total. The number of halogens is 3. The summed E-state index contributed by atoms with van der Waals surface area (Å²) in [6.45, 7) is 1.85. The van der Waals surface area contributed by atoms with E-state index in [1.54, 1.807) is 12.1 Å². The van der Waals surface area contributed by atoms with E-state index >= 15 is 0 Å². The predicted molar refractivity (Wildman–Crippen MR) is 95.0 cm³/mol. The molecule has 1 heterocycles. The summed E-state index contributed by atoms with van der Waals surface area (Å²) in [7, 11) is 0. The van der Waals surface area contributed by atoms with E-state index in [1.807, 2.05) is 13.0 Å². The van der Waals surface area contributed by atoms with Crippen molar-refractivity contribution in [1.29, 1.82) is 0 Å². The molecule has 1 aliphatic rings. The van der Waals surface area contributed by atoms with Gasteiger partial charge in [-0.1, -0.05) is 12.1 Å². The molecule has 4 rings (SSSR count). The Balaban J connectivity index is 1.73. The average Bonchev–Trinajstić information content (AvgIpc) is 3.09. The molecule has 140 valence electrons. The molecule has 0 atom stereocenters. The molecule has 0 spiro atoms. The van der Waals surface area contributed by atoms with Crippen LogP contribution in [0.4, 0.5) is 13.2 Å². The SMILES string of the molecule is Cc1cc(OCc2cccc(C(F)(F)F)c2)c2c3c(c(=O)oc2c1)CCC3. The minimum absolute atomic E-state index is 0.00360. The van der Waals surface area contributed by atoms with Crippen LogP contribution in [0.2, 0.25) is 0 Å². The minimum atomic E-state index is -4.39. The Morgan fingerprint density at radius 2 is 1.89 bits per heavy atom. The second-order valence-corrected chi connectivity index (χ2v) is 6.82. The number of hydrogen-bond acceptors (Lipinski definition) is 3. The standard InChI is InChI=1S/C21H17F3O3/c1-12-8-17(26-11-13-4-2-5-14(10-13)21(22,23)24)19-15-6-3-7-16(15)20(25)27-18(19)9-12/h2,4-5,8-10H,3,6-7,11H2,1H3. The van der Waals surface area contributed by atoms with Gasteiger partial charge in [-0.3, -0.25) is 0 Å². The monoisotopic (exact) mass is 374 g/mol. The van der Waals surface area contributed by atoms with E-state index in [-0.39, 0.29) is 12.2 Å². The number of ether oxygens (including phenoxy) is 1. The van der Waals surface area contributed by atoms with Gasteiger partial charge in [0.2, 0.25) is 0 Å². The summed E-state index contributed by atoms with van der Waals surface area (Å²) < 4.78 is 50.0. The van der Waals surface area contributed by atoms with Crippen molar-refractivity contribution in [1.82, 2.24) is 0 Å². The topological polar surface area (TPSA) is 39.4 Å². The fraction of sp³-hybridized carbons (Fsp3) is 0.286. The highest BCUT2D eigenvalue weighted by atomic mass is 19.4. The fourth-order valence-corrected chi connectivity index (χ4v) is 3.62. The zero-order chi connectivity index (χ0) is 19.2. The summed E-state index contributed by atoms with van der Waals surface area (Å²) in [4.78, 5) is 12.1. The molecule has 1 aromatic heterocycles. The van der Waals surface area contributed by atoms with Gasteiger partial charge < -0.3 is 9.15 Å². The first-order chi connectivity index (χ1) is 12.8. The highest BCUT2D eigenvalue weighted by Gasteiger charge is 2.30. The van der Waals surface area contributed by atoms with Crippen molar-refractivity contribution in [2.75, 3.05) is 0 Å². The van der Waals surface area contributed by atoms with E-state index < -0.39 is 11.7 Å². The van der Waals surface area contributed by atoms with Gasteiger partial charge in [0.25, 0.3) is 0 Å².